The SMILES string of the molecule is CC(=O)NC1[C@H](OCCCCCCOP(=O)(O)OCCCOCC(COCCCOP(=O)(O)OCCCCCCO[C@@H]2OC(CO)[C@H](O)[C@H](O)C2NC(C)=O)(COCCCOP(=O)(O)OCCCCCCO[C@@H]2OC(CO)[C@H](O)[C@H](O)C2NC(C)=O)COP(=O)(O)OC[C@H]2O[C@@H](C)CC2OP(=O)(O)C(C)C)OC(CO)[C@H](O)[C@@H]1O. The molecular formula is C65H126N3O41P5. The lowest BCUT2D eigenvalue weighted by molar-refractivity contribution is -0.270. The lowest BCUT2D eigenvalue weighted by Crippen LogP contribution is -2.64. The van der Waals surface area contributed by atoms with Crippen LogP contribution in [0.25, 0.3) is 0 Å². The third-order valence-corrected chi connectivity index (χ3v) is 23.9. The first-order valence-electron chi connectivity index (χ1n) is 38.2. The second-order valence-electron chi connectivity index (χ2n) is 28.3. The molecule has 0 aromatic carbocycles. The average molecular weight is 1760 g/mol. The molecule has 672 valence electrons. The zero-order valence-electron chi connectivity index (χ0n) is 65.4. The smallest absolute Gasteiger partial charge is 0.394 e. The second-order valence-corrected chi connectivity index (χ2v) is 36.5. The number of phosphoric acid groups is 4. The molecule has 12 unspecified atom stereocenters. The van der Waals surface area contributed by atoms with Crippen molar-refractivity contribution in [2.75, 3.05) is 132 Å². The molecule has 0 aromatic heterocycles. The zero-order valence-corrected chi connectivity index (χ0v) is 69.9. The number of amides is 3. The first kappa shape index (κ1) is 105. The molecule has 4 saturated heterocycles. The summed E-state index contributed by atoms with van der Waals surface area (Å²) in [5.41, 5.74) is -2.39. The molecule has 23 atom stereocenters. The van der Waals surface area contributed by atoms with Gasteiger partial charge in [-0.1, -0.05) is 52.4 Å². The molecule has 4 aliphatic heterocycles. The molecule has 4 heterocycles. The van der Waals surface area contributed by atoms with Crippen LogP contribution in [0.3, 0.4) is 0 Å². The predicted molar refractivity (Wildman–Crippen MR) is 394 cm³/mol. The van der Waals surface area contributed by atoms with Crippen LogP contribution < -0.4 is 16.0 Å². The van der Waals surface area contributed by atoms with Gasteiger partial charge in [-0.05, 0) is 64.7 Å². The maximum atomic E-state index is 13.8. The number of carbonyl (C=O) groups is 3. The van der Waals surface area contributed by atoms with Gasteiger partial charge >= 0.3 is 38.9 Å². The van der Waals surface area contributed by atoms with Gasteiger partial charge in [-0.25, -0.2) is 18.3 Å². The highest BCUT2D eigenvalue weighted by molar-refractivity contribution is 7.53. The largest absolute Gasteiger partial charge is 0.472 e. The molecule has 4 aliphatic rings. The van der Waals surface area contributed by atoms with Gasteiger partial charge in [0.1, 0.15) is 79.2 Å². The van der Waals surface area contributed by atoms with Crippen molar-refractivity contribution in [1.29, 1.82) is 0 Å². The van der Waals surface area contributed by atoms with Gasteiger partial charge in [0.2, 0.25) is 17.7 Å². The number of unbranched alkanes of at least 4 members (excludes halogenated alkanes) is 9. The summed E-state index contributed by atoms with van der Waals surface area (Å²) in [5.74, 6) is -1.54. The monoisotopic (exact) mass is 1760 g/mol. The van der Waals surface area contributed by atoms with Crippen molar-refractivity contribution < 1.29 is 196 Å². The van der Waals surface area contributed by atoms with Crippen molar-refractivity contribution in [3.8, 4) is 0 Å². The Labute approximate surface area is 663 Å². The molecule has 0 saturated carbocycles. The standard InChI is InChI=1S/C65H126N3O41P5/c1-43(2)110(81,82)109-48-34-44(3)105-52(48)38-103-114(89,90)104-42-65(39-91-22-19-31-100-111(83,84)97-28-16-10-7-13-25-94-62-53(66-45(4)72)59(78)56(75)49(35-69)106-62,40-92-23-20-32-101-112(85,86)98-29-17-11-8-14-26-95-63-54(67-46(5)73)60(79)57(76)50(36-70)107-63)41-93-24-21-33-102-113(87,88)99-30-18-12-9-15-27-96-64-55(68-47(6)74)61(80)58(77)51(37-71)108-64/h43-44,48-64,69-71,75-80H,7-42H2,1-6H3,(H,66,72)(H,67,73)(H,68,74)(H,81,82)(H,83,84)(H,85,86)(H,87,88)(H,89,90)/t44-,48?,49?,50?,51?,52+,53?,54?,55?,56-,57-,58-,59+,60+,61+,62+,63+,64+,65?/m0/s1. The van der Waals surface area contributed by atoms with Crippen LogP contribution in [0.5, 0.6) is 0 Å². The van der Waals surface area contributed by atoms with Gasteiger partial charge in [0.05, 0.1) is 116 Å². The van der Waals surface area contributed by atoms with Crippen LogP contribution in [-0.4, -0.2) is 336 Å². The molecule has 0 spiro atoms. The van der Waals surface area contributed by atoms with E-state index in [-0.39, 0.29) is 105 Å². The van der Waals surface area contributed by atoms with Crippen molar-refractivity contribution in [1.82, 2.24) is 16.0 Å². The van der Waals surface area contributed by atoms with Gasteiger partial charge in [-0.15, -0.1) is 0 Å². The fourth-order valence-corrected chi connectivity index (χ4v) is 15.9. The average Bonchev–Trinajstić information content (AvgIpc) is 1.13. The Kier molecular flexibility index (Phi) is 49.5. The number of hydrogen-bond acceptors (Lipinski definition) is 36. The van der Waals surface area contributed by atoms with E-state index in [2.05, 4.69) is 16.0 Å². The minimum Gasteiger partial charge on any atom is -0.394 e. The maximum Gasteiger partial charge on any atom is 0.472 e. The van der Waals surface area contributed by atoms with Crippen LogP contribution in [0.2, 0.25) is 0 Å². The normalized spacial score (nSPS) is 30.0. The third kappa shape index (κ3) is 40.0. The Morgan fingerprint density at radius 2 is 0.675 bits per heavy atom. The summed E-state index contributed by atoms with van der Waals surface area (Å²) in [6, 6.07) is -3.34. The number of hydrogen-bond donors (Lipinski definition) is 17. The number of rotatable bonds is 63. The number of nitrogens with one attached hydrogen (secondary N) is 3. The number of carbonyl (C=O) groups excluding carboxylic acids is 3. The number of aliphatic hydroxyl groups is 9. The number of ether oxygens (including phenoxy) is 10. The first-order chi connectivity index (χ1) is 53.8. The van der Waals surface area contributed by atoms with Crippen LogP contribution in [0.1, 0.15) is 144 Å². The molecule has 4 rings (SSSR count). The molecule has 114 heavy (non-hydrogen) atoms. The lowest BCUT2D eigenvalue weighted by Gasteiger charge is -2.42. The molecule has 0 aromatic rings. The van der Waals surface area contributed by atoms with E-state index in [1.165, 1.54) is 34.6 Å². The van der Waals surface area contributed by atoms with E-state index in [1.54, 1.807) is 6.92 Å². The third-order valence-electron chi connectivity index (χ3n) is 18.0. The van der Waals surface area contributed by atoms with Crippen molar-refractivity contribution in [2.45, 2.75) is 260 Å². The first-order valence-corrected chi connectivity index (χ1v) is 45.8. The van der Waals surface area contributed by atoms with Crippen LogP contribution >= 0.6 is 38.9 Å². The summed E-state index contributed by atoms with van der Waals surface area (Å²) >= 11 is 0. The molecule has 4 fully saturated rings. The van der Waals surface area contributed by atoms with E-state index in [0.29, 0.717) is 77.0 Å². The summed E-state index contributed by atoms with van der Waals surface area (Å²) in [6.07, 6.45) is -13.1. The summed E-state index contributed by atoms with van der Waals surface area (Å²) < 4.78 is 171. The van der Waals surface area contributed by atoms with Gasteiger partial charge in [-0.3, -0.25) is 55.1 Å². The highest BCUT2D eigenvalue weighted by Crippen LogP contribution is 2.52. The van der Waals surface area contributed by atoms with Gasteiger partial charge < -0.3 is 138 Å². The van der Waals surface area contributed by atoms with Crippen LogP contribution in [0.15, 0.2) is 0 Å². The zero-order chi connectivity index (χ0) is 84.7. The second kappa shape index (κ2) is 54.0. The molecule has 0 aliphatic carbocycles. The maximum absolute atomic E-state index is 13.8. The van der Waals surface area contributed by atoms with Gasteiger partial charge in [0.15, 0.2) is 18.9 Å². The van der Waals surface area contributed by atoms with E-state index >= 15 is 0 Å². The minimum atomic E-state index is -5.12. The molecule has 49 heteroatoms. The summed E-state index contributed by atoms with van der Waals surface area (Å²) in [4.78, 5) is 88.4. The van der Waals surface area contributed by atoms with Gasteiger partial charge in [-0.2, -0.15) is 0 Å². The molecule has 0 bridgehead atoms. The van der Waals surface area contributed by atoms with Crippen LogP contribution in [0, 0.1) is 5.41 Å². The Balaban J connectivity index is 1.35. The van der Waals surface area contributed by atoms with Gasteiger partial charge in [0.25, 0.3) is 0 Å². The van der Waals surface area contributed by atoms with Crippen molar-refractivity contribution >= 4 is 56.6 Å². The van der Waals surface area contributed by atoms with E-state index in [9.17, 15) is 108 Å². The summed E-state index contributed by atoms with van der Waals surface area (Å²) in [5, 5.41) is 98.5. The van der Waals surface area contributed by atoms with Crippen molar-refractivity contribution in [2.24, 2.45) is 5.41 Å². The van der Waals surface area contributed by atoms with Crippen LogP contribution in [-0.2, 0) is 125 Å². The molecule has 17 N–H and O–H groups in total. The number of phosphoric ester groups is 4. The Morgan fingerprint density at radius 3 is 0.965 bits per heavy atom. The van der Waals surface area contributed by atoms with Crippen molar-refractivity contribution in [3.05, 3.63) is 0 Å². The number of aliphatic hydroxyl groups excluding tert-OH is 9. The summed E-state index contributed by atoms with van der Waals surface area (Å²) in [7, 11) is -23.1. The van der Waals surface area contributed by atoms with Crippen LogP contribution in [0.4, 0.5) is 0 Å². The molecule has 44 nitrogen and oxygen atoms in total. The predicted octanol–water partition coefficient (Wildman–Crippen LogP) is 0.446. The highest BCUT2D eigenvalue weighted by Gasteiger charge is 2.49. The molecule has 0 radical (unpaired) electrons. The Hall–Kier alpha value is -1.76. The van der Waals surface area contributed by atoms with E-state index in [1.807, 2.05) is 0 Å². The topological polar surface area (TPSA) is 631 Å². The minimum absolute atomic E-state index is 0.0427. The summed E-state index contributed by atoms with van der Waals surface area (Å²) in [6.45, 7) is 1.69. The van der Waals surface area contributed by atoms with E-state index < -0.39 is 231 Å². The Morgan fingerprint density at radius 1 is 0.386 bits per heavy atom. The van der Waals surface area contributed by atoms with E-state index in [4.69, 9.17) is 88.1 Å². The fraction of sp³-hybridized carbons (Fsp3) is 0.954. The lowest BCUT2D eigenvalue weighted by atomic mass is 9.92. The Bertz CT molecular complexity index is 2730. The highest BCUT2D eigenvalue weighted by atomic mass is 31.2. The fourth-order valence-electron chi connectivity index (χ4n) is 11.8. The molecule has 3 amide bonds. The van der Waals surface area contributed by atoms with Gasteiger partial charge in [0, 0.05) is 66.8 Å². The van der Waals surface area contributed by atoms with Crippen molar-refractivity contribution in [3.63, 3.8) is 0 Å². The van der Waals surface area contributed by atoms with E-state index in [0.717, 1.165) is 0 Å². The quantitative estimate of drug-likeness (QED) is 0.0290. The molecular weight excluding hydrogens is 1630 g/mol.